The van der Waals surface area contributed by atoms with Gasteiger partial charge in [-0.15, -0.1) is 0 Å². The summed E-state index contributed by atoms with van der Waals surface area (Å²) in [4.78, 5) is 4.23. The number of benzene rings is 1. The summed E-state index contributed by atoms with van der Waals surface area (Å²) >= 11 is 0. The average molecular weight is 300 g/mol. The van der Waals surface area contributed by atoms with Crippen LogP contribution in [0.25, 0.3) is 0 Å². The van der Waals surface area contributed by atoms with E-state index in [1.165, 1.54) is 12.1 Å². The monoisotopic (exact) mass is 300 g/mol. The molecule has 1 aliphatic heterocycles. The van der Waals surface area contributed by atoms with Crippen LogP contribution in [0.5, 0.6) is 0 Å². The van der Waals surface area contributed by atoms with Gasteiger partial charge in [0, 0.05) is 36.9 Å². The van der Waals surface area contributed by atoms with Crippen LogP contribution < -0.4 is 10.6 Å². The third kappa shape index (κ3) is 3.29. The third-order valence-electron chi connectivity index (χ3n) is 3.76. The van der Waals surface area contributed by atoms with E-state index in [1.807, 2.05) is 18.9 Å². The fourth-order valence-corrected chi connectivity index (χ4v) is 2.70. The van der Waals surface area contributed by atoms with Gasteiger partial charge in [-0.25, -0.2) is 0 Å². The molecule has 1 saturated heterocycles. The fourth-order valence-electron chi connectivity index (χ4n) is 2.70. The van der Waals surface area contributed by atoms with Gasteiger partial charge in [0.15, 0.2) is 0 Å². The summed E-state index contributed by atoms with van der Waals surface area (Å²) in [5.41, 5.74) is 4.88. The van der Waals surface area contributed by atoms with Crippen LogP contribution >= 0.6 is 0 Å². The first-order chi connectivity index (χ1) is 9.70. The lowest BCUT2D eigenvalue weighted by atomic mass is 10.0. The van der Waals surface area contributed by atoms with Crippen molar-refractivity contribution in [2.24, 2.45) is 5.73 Å². The minimum Gasteiger partial charge on any atom is -0.384 e. The lowest BCUT2D eigenvalue weighted by Crippen LogP contribution is -2.50. The summed E-state index contributed by atoms with van der Waals surface area (Å²) in [5.74, 6) is -0.564. The minimum atomic E-state index is -4.51. The number of anilines is 1. The number of rotatable bonds is 2. The number of hydrogen-bond donors (Lipinski definition) is 2. The number of nitrogens with two attached hydrogens (primary N) is 1. The molecule has 1 unspecified atom stereocenters. The summed E-state index contributed by atoms with van der Waals surface area (Å²) in [6, 6.07) is 4.03. The number of halogens is 3. The van der Waals surface area contributed by atoms with E-state index in [-0.39, 0.29) is 11.6 Å². The standard InChI is InChI=1S/C14H19F3N4/c1-9-8-20(2)5-6-21(9)10-3-4-12(14(15,16)17)11(7-10)13(18)19/h3-4,7,9H,5-6,8H2,1-2H3,(H3,18,19). The minimum absolute atomic E-state index is 0.195. The molecule has 0 radical (unpaired) electrons. The number of amidine groups is 1. The molecule has 0 saturated carbocycles. The van der Waals surface area contributed by atoms with Crippen molar-refractivity contribution < 1.29 is 13.2 Å². The van der Waals surface area contributed by atoms with Crippen LogP contribution in [0.1, 0.15) is 18.1 Å². The van der Waals surface area contributed by atoms with Crippen molar-refractivity contribution in [3.63, 3.8) is 0 Å². The summed E-state index contributed by atoms with van der Waals surface area (Å²) in [5, 5.41) is 7.40. The second-order valence-electron chi connectivity index (χ2n) is 5.45. The third-order valence-corrected chi connectivity index (χ3v) is 3.76. The van der Waals surface area contributed by atoms with Gasteiger partial charge in [0.1, 0.15) is 5.84 Å². The maximum absolute atomic E-state index is 12.9. The van der Waals surface area contributed by atoms with Crippen LogP contribution in [0.15, 0.2) is 18.2 Å². The molecule has 0 bridgehead atoms. The molecule has 0 spiro atoms. The number of alkyl halides is 3. The molecule has 3 N–H and O–H groups in total. The van der Waals surface area contributed by atoms with E-state index in [4.69, 9.17) is 11.1 Å². The van der Waals surface area contributed by atoms with E-state index >= 15 is 0 Å². The zero-order valence-corrected chi connectivity index (χ0v) is 12.0. The van der Waals surface area contributed by atoms with Crippen molar-refractivity contribution in [1.82, 2.24) is 4.90 Å². The fraction of sp³-hybridized carbons (Fsp3) is 0.500. The molecule has 21 heavy (non-hydrogen) atoms. The maximum atomic E-state index is 12.9. The zero-order valence-electron chi connectivity index (χ0n) is 12.0. The Morgan fingerprint density at radius 1 is 1.33 bits per heavy atom. The van der Waals surface area contributed by atoms with Crippen molar-refractivity contribution >= 4 is 11.5 Å². The lowest BCUT2D eigenvalue weighted by molar-refractivity contribution is -0.137. The lowest BCUT2D eigenvalue weighted by Gasteiger charge is -2.40. The van der Waals surface area contributed by atoms with Gasteiger partial charge < -0.3 is 15.5 Å². The Morgan fingerprint density at radius 3 is 2.52 bits per heavy atom. The molecule has 116 valence electrons. The van der Waals surface area contributed by atoms with Crippen LogP contribution in [0.3, 0.4) is 0 Å². The number of hydrogen-bond acceptors (Lipinski definition) is 3. The quantitative estimate of drug-likeness (QED) is 0.650. The Morgan fingerprint density at radius 2 is 2.00 bits per heavy atom. The molecule has 0 aliphatic carbocycles. The van der Waals surface area contributed by atoms with E-state index in [2.05, 4.69) is 4.90 Å². The molecule has 7 heteroatoms. The molecule has 1 aromatic rings. The number of piperazine rings is 1. The maximum Gasteiger partial charge on any atom is 0.417 e. The topological polar surface area (TPSA) is 56.4 Å². The first-order valence-electron chi connectivity index (χ1n) is 6.71. The molecule has 1 atom stereocenters. The summed E-state index contributed by atoms with van der Waals surface area (Å²) < 4.78 is 38.8. The van der Waals surface area contributed by atoms with Crippen LogP contribution in [0, 0.1) is 5.41 Å². The number of likely N-dealkylation sites (N-methyl/N-ethyl adjacent to an activating group) is 1. The summed E-state index contributed by atoms with van der Waals surface area (Å²) in [6.45, 7) is 4.46. The summed E-state index contributed by atoms with van der Waals surface area (Å²) in [6.07, 6.45) is -4.51. The molecule has 1 aromatic carbocycles. The van der Waals surface area contributed by atoms with E-state index < -0.39 is 17.6 Å². The van der Waals surface area contributed by atoms with Gasteiger partial charge in [0.05, 0.1) is 5.56 Å². The van der Waals surface area contributed by atoms with E-state index in [9.17, 15) is 13.2 Å². The predicted molar refractivity (Wildman–Crippen MR) is 76.8 cm³/mol. The van der Waals surface area contributed by atoms with Gasteiger partial charge in [-0.05, 0) is 32.2 Å². The Hall–Kier alpha value is -1.76. The van der Waals surface area contributed by atoms with Gasteiger partial charge in [-0.3, -0.25) is 5.41 Å². The largest absolute Gasteiger partial charge is 0.417 e. The number of nitrogens with zero attached hydrogens (tertiary/aromatic N) is 2. The van der Waals surface area contributed by atoms with Gasteiger partial charge in [0.25, 0.3) is 0 Å². The van der Waals surface area contributed by atoms with Crippen molar-refractivity contribution in [3.8, 4) is 0 Å². The smallest absolute Gasteiger partial charge is 0.384 e. The Labute approximate surface area is 121 Å². The van der Waals surface area contributed by atoms with Crippen molar-refractivity contribution in [1.29, 1.82) is 5.41 Å². The van der Waals surface area contributed by atoms with Gasteiger partial charge >= 0.3 is 6.18 Å². The van der Waals surface area contributed by atoms with Gasteiger partial charge in [0.2, 0.25) is 0 Å². The highest BCUT2D eigenvalue weighted by molar-refractivity contribution is 5.97. The van der Waals surface area contributed by atoms with Crippen LogP contribution in [0.4, 0.5) is 18.9 Å². The van der Waals surface area contributed by atoms with E-state index in [0.717, 1.165) is 25.7 Å². The Balaban J connectivity index is 2.39. The molecule has 1 fully saturated rings. The molecule has 1 aliphatic rings. The molecule has 2 rings (SSSR count). The normalized spacial score (nSPS) is 20.6. The second-order valence-corrected chi connectivity index (χ2v) is 5.45. The zero-order chi connectivity index (χ0) is 15.8. The predicted octanol–water partition coefficient (Wildman–Crippen LogP) is 2.13. The van der Waals surface area contributed by atoms with Crippen LogP contribution in [0.2, 0.25) is 0 Å². The highest BCUT2D eigenvalue weighted by Crippen LogP contribution is 2.34. The first kappa shape index (κ1) is 15.6. The Bertz CT molecular complexity index is 542. The number of nitrogens with one attached hydrogen (secondary N) is 1. The van der Waals surface area contributed by atoms with Crippen LogP contribution in [-0.4, -0.2) is 43.5 Å². The van der Waals surface area contributed by atoms with Crippen molar-refractivity contribution in [2.75, 3.05) is 31.6 Å². The van der Waals surface area contributed by atoms with Crippen molar-refractivity contribution in [3.05, 3.63) is 29.3 Å². The van der Waals surface area contributed by atoms with Crippen molar-refractivity contribution in [2.45, 2.75) is 19.1 Å². The average Bonchev–Trinajstić information content (AvgIpc) is 2.37. The second kappa shape index (κ2) is 5.55. The molecular formula is C14H19F3N4. The molecule has 4 nitrogen and oxygen atoms in total. The molecular weight excluding hydrogens is 281 g/mol. The first-order valence-corrected chi connectivity index (χ1v) is 6.71. The highest BCUT2D eigenvalue weighted by Gasteiger charge is 2.34. The van der Waals surface area contributed by atoms with E-state index in [0.29, 0.717) is 5.69 Å². The molecule has 0 amide bonds. The molecule has 0 aromatic heterocycles. The highest BCUT2D eigenvalue weighted by atomic mass is 19.4. The van der Waals surface area contributed by atoms with E-state index in [1.54, 1.807) is 0 Å². The van der Waals surface area contributed by atoms with Gasteiger partial charge in [-0.1, -0.05) is 0 Å². The van der Waals surface area contributed by atoms with Crippen LogP contribution in [-0.2, 0) is 6.18 Å². The van der Waals surface area contributed by atoms with Gasteiger partial charge in [-0.2, -0.15) is 13.2 Å². The molecule has 1 heterocycles. The number of nitrogen functional groups attached to an aromatic ring is 1. The summed E-state index contributed by atoms with van der Waals surface area (Å²) in [7, 11) is 2.02. The Kier molecular flexibility index (Phi) is 4.13. The SMILES string of the molecule is CC1CN(C)CCN1c1ccc(C(F)(F)F)c(C(=N)N)c1.